The summed E-state index contributed by atoms with van der Waals surface area (Å²) >= 11 is 0. The van der Waals surface area contributed by atoms with Crippen LogP contribution >= 0.6 is 0 Å². The quantitative estimate of drug-likeness (QED) is 0.535. The highest BCUT2D eigenvalue weighted by molar-refractivity contribution is 7.92. The lowest BCUT2D eigenvalue weighted by molar-refractivity contribution is 0.434. The van der Waals surface area contributed by atoms with Gasteiger partial charge in [0.1, 0.15) is 0 Å². The van der Waals surface area contributed by atoms with Crippen molar-refractivity contribution >= 4 is 9.84 Å². The molecule has 0 saturated carbocycles. The second-order valence-electron chi connectivity index (χ2n) is 4.06. The molecular weight excluding hydrogens is 198 g/mol. The molecule has 1 N–H and O–H groups in total. The first-order chi connectivity index (χ1) is 6.53. The standard InChI is InChI=1S/C10H19NO2S/c1-3-4-5-6-9(2)11-10-7-14(12,13)8-10/h3,9-11H,1,4-8H2,2H3. The molecule has 0 aromatic rings. The Morgan fingerprint density at radius 2 is 2.21 bits per heavy atom. The molecule has 0 radical (unpaired) electrons. The molecule has 0 aromatic heterocycles. The van der Waals surface area contributed by atoms with Crippen LogP contribution < -0.4 is 5.32 Å². The van der Waals surface area contributed by atoms with Crippen LogP contribution in [0.5, 0.6) is 0 Å². The number of allylic oxidation sites excluding steroid dienone is 1. The van der Waals surface area contributed by atoms with E-state index in [0.717, 1.165) is 19.3 Å². The van der Waals surface area contributed by atoms with Gasteiger partial charge in [-0.25, -0.2) is 8.42 Å². The largest absolute Gasteiger partial charge is 0.309 e. The molecule has 1 atom stereocenters. The van der Waals surface area contributed by atoms with Gasteiger partial charge >= 0.3 is 0 Å². The Balaban J connectivity index is 2.10. The Morgan fingerprint density at radius 3 is 2.71 bits per heavy atom. The maximum atomic E-state index is 10.9. The van der Waals surface area contributed by atoms with E-state index in [0.29, 0.717) is 17.5 Å². The fraction of sp³-hybridized carbons (Fsp3) is 0.800. The molecule has 1 heterocycles. The summed E-state index contributed by atoms with van der Waals surface area (Å²) in [7, 11) is -2.68. The van der Waals surface area contributed by atoms with E-state index in [1.807, 2.05) is 6.08 Å². The molecule has 4 heteroatoms. The van der Waals surface area contributed by atoms with Gasteiger partial charge in [-0.15, -0.1) is 6.58 Å². The van der Waals surface area contributed by atoms with Crippen molar-refractivity contribution < 1.29 is 8.42 Å². The molecule has 0 spiro atoms. The van der Waals surface area contributed by atoms with Crippen molar-refractivity contribution in [1.29, 1.82) is 0 Å². The minimum atomic E-state index is -2.68. The van der Waals surface area contributed by atoms with Crippen molar-refractivity contribution in [3.63, 3.8) is 0 Å². The van der Waals surface area contributed by atoms with Crippen LogP contribution in [0.15, 0.2) is 12.7 Å². The van der Waals surface area contributed by atoms with E-state index in [2.05, 4.69) is 18.8 Å². The molecule has 0 aliphatic carbocycles. The van der Waals surface area contributed by atoms with Crippen molar-refractivity contribution in [1.82, 2.24) is 5.32 Å². The zero-order valence-corrected chi connectivity index (χ0v) is 9.52. The Kier molecular flexibility index (Phi) is 4.13. The molecule has 1 rings (SSSR count). The van der Waals surface area contributed by atoms with Crippen LogP contribution in [0.3, 0.4) is 0 Å². The zero-order valence-electron chi connectivity index (χ0n) is 8.70. The molecule has 3 nitrogen and oxygen atoms in total. The molecule has 1 fully saturated rings. The van der Waals surface area contributed by atoms with E-state index in [9.17, 15) is 8.42 Å². The molecule has 1 aliphatic heterocycles. The van der Waals surface area contributed by atoms with Gasteiger partial charge in [-0.1, -0.05) is 6.08 Å². The van der Waals surface area contributed by atoms with Crippen molar-refractivity contribution in [3.8, 4) is 0 Å². The summed E-state index contributed by atoms with van der Waals surface area (Å²) in [4.78, 5) is 0. The third-order valence-electron chi connectivity index (χ3n) is 2.48. The summed E-state index contributed by atoms with van der Waals surface area (Å²) in [5.41, 5.74) is 0. The van der Waals surface area contributed by atoms with Gasteiger partial charge in [0, 0.05) is 12.1 Å². The number of rotatable bonds is 6. The summed E-state index contributed by atoms with van der Waals surface area (Å²) in [6, 6.07) is 0.606. The molecule has 14 heavy (non-hydrogen) atoms. The Labute approximate surface area is 86.5 Å². The summed E-state index contributed by atoms with van der Waals surface area (Å²) in [5.74, 6) is 0.637. The van der Waals surface area contributed by atoms with Crippen LogP contribution in [0.25, 0.3) is 0 Å². The first-order valence-electron chi connectivity index (χ1n) is 5.11. The smallest absolute Gasteiger partial charge is 0.153 e. The Hall–Kier alpha value is -0.350. The van der Waals surface area contributed by atoms with E-state index in [1.165, 1.54) is 0 Å². The fourth-order valence-corrected chi connectivity index (χ4v) is 3.04. The first-order valence-corrected chi connectivity index (χ1v) is 6.93. The fourth-order valence-electron chi connectivity index (χ4n) is 1.71. The topological polar surface area (TPSA) is 46.2 Å². The summed E-state index contributed by atoms with van der Waals surface area (Å²) in [6.45, 7) is 5.77. The minimum Gasteiger partial charge on any atom is -0.309 e. The number of nitrogens with one attached hydrogen (secondary N) is 1. The summed E-state index contributed by atoms with van der Waals surface area (Å²) < 4.78 is 21.8. The third-order valence-corrected chi connectivity index (χ3v) is 4.30. The van der Waals surface area contributed by atoms with Gasteiger partial charge < -0.3 is 5.32 Å². The second-order valence-corrected chi connectivity index (χ2v) is 6.21. The maximum Gasteiger partial charge on any atom is 0.153 e. The van der Waals surface area contributed by atoms with Gasteiger partial charge in [0.2, 0.25) is 0 Å². The highest BCUT2D eigenvalue weighted by atomic mass is 32.2. The number of sulfone groups is 1. The van der Waals surface area contributed by atoms with Gasteiger partial charge in [-0.05, 0) is 26.2 Å². The second kappa shape index (κ2) is 4.94. The minimum absolute atomic E-state index is 0.193. The van der Waals surface area contributed by atoms with E-state index < -0.39 is 9.84 Å². The average Bonchev–Trinajstić information content (AvgIpc) is 2.01. The molecule has 0 bridgehead atoms. The molecule has 1 saturated heterocycles. The zero-order chi connectivity index (χ0) is 10.6. The van der Waals surface area contributed by atoms with Crippen molar-refractivity contribution in [2.45, 2.75) is 38.3 Å². The molecular formula is C10H19NO2S. The average molecular weight is 217 g/mol. The Bertz CT molecular complexity index is 272. The SMILES string of the molecule is C=CCCCC(C)NC1CS(=O)(=O)C1. The van der Waals surface area contributed by atoms with Crippen molar-refractivity contribution in [2.75, 3.05) is 11.5 Å². The highest BCUT2D eigenvalue weighted by Gasteiger charge is 2.33. The lowest BCUT2D eigenvalue weighted by Gasteiger charge is -2.29. The predicted molar refractivity (Wildman–Crippen MR) is 59.1 cm³/mol. The van der Waals surface area contributed by atoms with Gasteiger partial charge in [0.25, 0.3) is 0 Å². The monoisotopic (exact) mass is 217 g/mol. The van der Waals surface area contributed by atoms with Crippen LogP contribution in [0, 0.1) is 0 Å². The van der Waals surface area contributed by atoms with Crippen LogP contribution in [0.1, 0.15) is 26.2 Å². The van der Waals surface area contributed by atoms with Crippen LogP contribution in [-0.4, -0.2) is 32.0 Å². The molecule has 0 aromatic carbocycles. The number of hydrogen-bond acceptors (Lipinski definition) is 3. The van der Waals surface area contributed by atoms with Crippen LogP contribution in [0.2, 0.25) is 0 Å². The normalized spacial score (nSPS) is 22.6. The molecule has 1 unspecified atom stereocenters. The van der Waals surface area contributed by atoms with E-state index in [-0.39, 0.29) is 6.04 Å². The van der Waals surface area contributed by atoms with Crippen LogP contribution in [-0.2, 0) is 9.84 Å². The van der Waals surface area contributed by atoms with Gasteiger partial charge in [0.05, 0.1) is 11.5 Å². The van der Waals surface area contributed by atoms with Gasteiger partial charge in [-0.3, -0.25) is 0 Å². The first kappa shape index (κ1) is 11.7. The molecule has 0 amide bonds. The van der Waals surface area contributed by atoms with Gasteiger partial charge in [-0.2, -0.15) is 0 Å². The van der Waals surface area contributed by atoms with E-state index in [4.69, 9.17) is 0 Å². The highest BCUT2D eigenvalue weighted by Crippen LogP contribution is 2.12. The number of hydrogen-bond donors (Lipinski definition) is 1. The van der Waals surface area contributed by atoms with Crippen molar-refractivity contribution in [2.24, 2.45) is 0 Å². The number of unbranched alkanes of at least 4 members (excludes halogenated alkanes) is 1. The summed E-state index contributed by atoms with van der Waals surface area (Å²) in [5, 5.41) is 3.32. The lowest BCUT2D eigenvalue weighted by atomic mass is 10.1. The van der Waals surface area contributed by atoms with Crippen molar-refractivity contribution in [3.05, 3.63) is 12.7 Å². The molecule has 82 valence electrons. The third kappa shape index (κ3) is 3.80. The summed E-state index contributed by atoms with van der Waals surface area (Å²) in [6.07, 6.45) is 5.16. The van der Waals surface area contributed by atoms with Gasteiger partial charge in [0.15, 0.2) is 9.84 Å². The van der Waals surface area contributed by atoms with Crippen LogP contribution in [0.4, 0.5) is 0 Å². The molecule has 1 aliphatic rings. The maximum absolute atomic E-state index is 10.9. The predicted octanol–water partition coefficient (Wildman–Crippen LogP) is 1.12. The lowest BCUT2D eigenvalue weighted by Crippen LogP contribution is -2.53. The van der Waals surface area contributed by atoms with E-state index in [1.54, 1.807) is 0 Å². The van der Waals surface area contributed by atoms with E-state index >= 15 is 0 Å². The Morgan fingerprint density at radius 1 is 1.57 bits per heavy atom.